The predicted octanol–water partition coefficient (Wildman–Crippen LogP) is 4.65. The highest BCUT2D eigenvalue weighted by molar-refractivity contribution is 7.81. The molecule has 0 aromatic heterocycles. The van der Waals surface area contributed by atoms with E-state index in [4.69, 9.17) is 24.4 Å². The number of carbonyl (C=O) groups is 2. The van der Waals surface area contributed by atoms with Crippen molar-refractivity contribution in [3.05, 3.63) is 24.3 Å². The topological polar surface area (TPSA) is 40.6 Å². The summed E-state index contributed by atoms with van der Waals surface area (Å²) in [5.74, 6) is 0.814. The van der Waals surface area contributed by atoms with Crippen LogP contribution >= 0.6 is 24.4 Å². The van der Waals surface area contributed by atoms with E-state index >= 15 is 0 Å². The second kappa shape index (κ2) is 6.99. The molecule has 146 valence electrons. The van der Waals surface area contributed by atoms with Crippen LogP contribution in [0.3, 0.4) is 0 Å². The number of fused-ring (bicyclic) bond motifs is 2. The van der Waals surface area contributed by atoms with Crippen molar-refractivity contribution in [2.24, 2.45) is 23.7 Å². The van der Waals surface area contributed by atoms with Crippen LogP contribution in [0.5, 0.6) is 0 Å². The fourth-order valence-electron chi connectivity index (χ4n) is 5.58. The summed E-state index contributed by atoms with van der Waals surface area (Å²) in [4.78, 5) is 30.8. The summed E-state index contributed by atoms with van der Waals surface area (Å²) in [6.45, 7) is 0. The average Bonchev–Trinajstić information content (AvgIpc) is 3.14. The fourth-order valence-corrected chi connectivity index (χ4v) is 6.54. The van der Waals surface area contributed by atoms with Crippen LogP contribution < -0.4 is 9.80 Å². The molecule has 2 amide bonds. The minimum Gasteiger partial charge on any atom is -0.274 e. The SMILES string of the molecule is O=C1C2CCCCC2C(=S)N1c1ccc(N2C(=O)C3CCCCC3C2=S)cc1. The Balaban J connectivity index is 1.41. The molecule has 4 unspecified atom stereocenters. The van der Waals surface area contributed by atoms with Crippen LogP contribution in [0.2, 0.25) is 0 Å². The first-order valence-corrected chi connectivity index (χ1v) is 11.3. The zero-order chi connectivity index (χ0) is 19.4. The third kappa shape index (κ3) is 2.68. The van der Waals surface area contributed by atoms with Gasteiger partial charge in [-0.25, -0.2) is 0 Å². The van der Waals surface area contributed by atoms with Gasteiger partial charge in [0.05, 0.1) is 9.98 Å². The van der Waals surface area contributed by atoms with E-state index in [9.17, 15) is 9.59 Å². The molecule has 2 heterocycles. The fraction of sp³-hybridized carbons (Fsp3) is 0.545. The summed E-state index contributed by atoms with van der Waals surface area (Å²) in [5, 5.41) is 0. The van der Waals surface area contributed by atoms with Gasteiger partial charge in [-0.05, 0) is 49.9 Å². The van der Waals surface area contributed by atoms with E-state index in [0.717, 1.165) is 72.7 Å². The summed E-state index contributed by atoms with van der Waals surface area (Å²) < 4.78 is 0. The van der Waals surface area contributed by atoms with Crippen LogP contribution in [0.25, 0.3) is 0 Å². The van der Waals surface area contributed by atoms with E-state index in [1.54, 1.807) is 9.80 Å². The van der Waals surface area contributed by atoms with E-state index in [2.05, 4.69) is 0 Å². The first-order valence-electron chi connectivity index (χ1n) is 10.4. The number of rotatable bonds is 2. The molecule has 4 fully saturated rings. The number of hydrogen-bond donors (Lipinski definition) is 0. The van der Waals surface area contributed by atoms with Crippen molar-refractivity contribution in [3.63, 3.8) is 0 Å². The molecule has 5 rings (SSSR count). The van der Waals surface area contributed by atoms with Gasteiger partial charge in [-0.1, -0.05) is 50.1 Å². The van der Waals surface area contributed by atoms with Gasteiger partial charge < -0.3 is 0 Å². The zero-order valence-electron chi connectivity index (χ0n) is 15.8. The van der Waals surface area contributed by atoms with Gasteiger partial charge in [-0.15, -0.1) is 0 Å². The maximum atomic E-state index is 12.9. The standard InChI is InChI=1S/C22H24N2O2S2/c25-19-15-5-1-3-7-17(15)21(27)23(19)13-9-11-14(12-10-13)24-20(26)16-6-2-4-8-18(16)22(24)28/h9-12,15-18H,1-8H2. The quantitative estimate of drug-likeness (QED) is 0.663. The van der Waals surface area contributed by atoms with Gasteiger partial charge in [0.2, 0.25) is 11.8 Å². The summed E-state index contributed by atoms with van der Waals surface area (Å²) in [7, 11) is 0. The van der Waals surface area contributed by atoms with Gasteiger partial charge in [0.1, 0.15) is 0 Å². The smallest absolute Gasteiger partial charge is 0.235 e. The normalized spacial score (nSPS) is 32.7. The largest absolute Gasteiger partial charge is 0.274 e. The number of carbonyl (C=O) groups excluding carboxylic acids is 2. The van der Waals surface area contributed by atoms with Gasteiger partial charge >= 0.3 is 0 Å². The van der Waals surface area contributed by atoms with Crippen LogP contribution in [0, 0.1) is 23.7 Å². The molecule has 4 aliphatic rings. The summed E-state index contributed by atoms with van der Waals surface area (Å²) in [5.41, 5.74) is 1.62. The number of amides is 2. The molecular weight excluding hydrogens is 388 g/mol. The maximum Gasteiger partial charge on any atom is 0.235 e. The molecule has 2 aliphatic heterocycles. The number of nitrogens with zero attached hydrogens (tertiary/aromatic N) is 2. The Morgan fingerprint density at radius 3 is 1.25 bits per heavy atom. The molecule has 0 N–H and O–H groups in total. The minimum absolute atomic E-state index is 0.0526. The van der Waals surface area contributed by atoms with Gasteiger partial charge in [0.15, 0.2) is 0 Å². The lowest BCUT2D eigenvalue weighted by Gasteiger charge is -2.21. The van der Waals surface area contributed by atoms with E-state index in [1.807, 2.05) is 24.3 Å². The average molecular weight is 413 g/mol. The van der Waals surface area contributed by atoms with Crippen LogP contribution in [-0.4, -0.2) is 21.8 Å². The van der Waals surface area contributed by atoms with E-state index in [1.165, 1.54) is 0 Å². The minimum atomic E-state index is 0.0526. The lowest BCUT2D eigenvalue weighted by Crippen LogP contribution is -2.31. The lowest BCUT2D eigenvalue weighted by molar-refractivity contribution is -0.122. The number of anilines is 2. The molecule has 0 spiro atoms. The Bertz CT molecular complexity index is 747. The predicted molar refractivity (Wildman–Crippen MR) is 118 cm³/mol. The monoisotopic (exact) mass is 412 g/mol. The van der Waals surface area contributed by atoms with E-state index in [-0.39, 0.29) is 35.5 Å². The molecule has 28 heavy (non-hydrogen) atoms. The van der Waals surface area contributed by atoms with Gasteiger partial charge in [-0.3, -0.25) is 19.4 Å². The van der Waals surface area contributed by atoms with E-state index in [0.29, 0.717) is 0 Å². The first-order chi connectivity index (χ1) is 13.6. The van der Waals surface area contributed by atoms with Crippen molar-refractivity contribution in [1.29, 1.82) is 0 Å². The van der Waals surface area contributed by atoms with Crippen molar-refractivity contribution in [3.8, 4) is 0 Å². The third-order valence-corrected chi connectivity index (χ3v) is 8.02. The summed E-state index contributed by atoms with van der Waals surface area (Å²) >= 11 is 11.3. The van der Waals surface area contributed by atoms with Crippen LogP contribution in [0.4, 0.5) is 11.4 Å². The Labute approximate surface area is 176 Å². The second-order valence-corrected chi connectivity index (χ2v) is 9.37. The number of benzene rings is 1. The van der Waals surface area contributed by atoms with Gasteiger partial charge in [-0.2, -0.15) is 0 Å². The molecule has 2 saturated carbocycles. The Kier molecular flexibility index (Phi) is 4.59. The zero-order valence-corrected chi connectivity index (χ0v) is 17.4. The number of hydrogen-bond acceptors (Lipinski definition) is 4. The van der Waals surface area contributed by atoms with Gasteiger partial charge in [0.25, 0.3) is 0 Å². The maximum absolute atomic E-state index is 12.9. The molecule has 4 atom stereocenters. The first kappa shape index (κ1) is 18.4. The number of thiocarbonyl (C=S) groups is 2. The second-order valence-electron chi connectivity index (χ2n) is 8.54. The Morgan fingerprint density at radius 2 is 0.929 bits per heavy atom. The molecule has 6 heteroatoms. The molecule has 1 aromatic carbocycles. The molecular formula is C22H24N2O2S2. The van der Waals surface area contributed by atoms with Crippen molar-refractivity contribution < 1.29 is 9.59 Å². The van der Waals surface area contributed by atoms with Crippen molar-refractivity contribution in [2.45, 2.75) is 51.4 Å². The van der Waals surface area contributed by atoms with Gasteiger partial charge in [0, 0.05) is 35.0 Å². The van der Waals surface area contributed by atoms with Crippen molar-refractivity contribution in [2.75, 3.05) is 9.80 Å². The Hall–Kier alpha value is -1.66. The Morgan fingerprint density at radius 1 is 0.607 bits per heavy atom. The molecule has 2 saturated heterocycles. The highest BCUT2D eigenvalue weighted by atomic mass is 32.1. The lowest BCUT2D eigenvalue weighted by atomic mass is 9.81. The summed E-state index contributed by atoms with van der Waals surface area (Å²) in [6.07, 6.45) is 8.44. The summed E-state index contributed by atoms with van der Waals surface area (Å²) in [6, 6.07) is 7.65. The molecule has 0 bridgehead atoms. The highest BCUT2D eigenvalue weighted by Crippen LogP contribution is 2.43. The molecule has 2 aliphatic carbocycles. The third-order valence-electron chi connectivity index (χ3n) is 7.05. The van der Waals surface area contributed by atoms with Crippen molar-refractivity contribution in [1.82, 2.24) is 0 Å². The van der Waals surface area contributed by atoms with Crippen LogP contribution in [0.15, 0.2) is 24.3 Å². The van der Waals surface area contributed by atoms with Crippen molar-refractivity contribution >= 4 is 57.6 Å². The highest BCUT2D eigenvalue weighted by Gasteiger charge is 2.47. The van der Waals surface area contributed by atoms with Crippen LogP contribution in [0.1, 0.15) is 51.4 Å². The molecule has 1 aromatic rings. The van der Waals surface area contributed by atoms with E-state index < -0.39 is 0 Å². The molecule has 0 radical (unpaired) electrons. The molecule has 4 nitrogen and oxygen atoms in total. The van der Waals surface area contributed by atoms with Crippen LogP contribution in [-0.2, 0) is 9.59 Å².